The first-order chi connectivity index (χ1) is 15.6. The van der Waals surface area contributed by atoms with Crippen molar-refractivity contribution in [2.24, 2.45) is 11.7 Å². The number of hydrogen-bond acceptors (Lipinski definition) is 7. The van der Waals surface area contributed by atoms with Gasteiger partial charge in [0.2, 0.25) is 17.7 Å². The van der Waals surface area contributed by atoms with Crippen LogP contribution < -0.4 is 21.7 Å². The van der Waals surface area contributed by atoms with Crippen LogP contribution in [0.25, 0.3) is 0 Å². The summed E-state index contributed by atoms with van der Waals surface area (Å²) in [6.45, 7) is 3.46. The van der Waals surface area contributed by atoms with E-state index in [1.807, 2.05) is 36.6 Å². The summed E-state index contributed by atoms with van der Waals surface area (Å²) in [4.78, 5) is 49.5. The van der Waals surface area contributed by atoms with Crippen molar-refractivity contribution >= 4 is 48.1 Å². The molecule has 1 aromatic rings. The molecule has 0 radical (unpaired) electrons. The molecule has 11 heteroatoms. The maximum atomic E-state index is 13.0. The van der Waals surface area contributed by atoms with Crippen LogP contribution in [-0.2, 0) is 25.6 Å². The molecule has 0 saturated carbocycles. The summed E-state index contributed by atoms with van der Waals surface area (Å²) >= 11 is 5.45. The number of rotatable bonds is 14. The highest BCUT2D eigenvalue weighted by Gasteiger charge is 2.31. The fraction of sp³-hybridized carbons (Fsp3) is 0.545. The second kappa shape index (κ2) is 14.8. The first-order valence-electron chi connectivity index (χ1n) is 10.6. The predicted octanol–water partition coefficient (Wildman–Crippen LogP) is 0.434. The number of amides is 3. The van der Waals surface area contributed by atoms with E-state index in [1.54, 1.807) is 13.8 Å². The number of carbonyl (C=O) groups is 4. The molecular formula is C22H34N4O5S2. The van der Waals surface area contributed by atoms with Crippen LogP contribution in [0.15, 0.2) is 30.3 Å². The van der Waals surface area contributed by atoms with Gasteiger partial charge in [-0.05, 0) is 36.3 Å². The van der Waals surface area contributed by atoms with Gasteiger partial charge in [-0.2, -0.15) is 24.4 Å². The highest BCUT2D eigenvalue weighted by Crippen LogP contribution is 2.08. The maximum absolute atomic E-state index is 13.0. The van der Waals surface area contributed by atoms with Crippen molar-refractivity contribution in [1.29, 1.82) is 0 Å². The van der Waals surface area contributed by atoms with E-state index in [9.17, 15) is 19.2 Å². The topological polar surface area (TPSA) is 151 Å². The lowest BCUT2D eigenvalue weighted by molar-refractivity contribution is -0.142. The zero-order valence-electron chi connectivity index (χ0n) is 19.1. The van der Waals surface area contributed by atoms with E-state index in [-0.39, 0.29) is 11.7 Å². The van der Waals surface area contributed by atoms with Crippen LogP contribution in [-0.4, -0.2) is 70.7 Å². The third-order valence-corrected chi connectivity index (χ3v) is 5.93. The van der Waals surface area contributed by atoms with E-state index in [4.69, 9.17) is 10.8 Å². The third-order valence-electron chi connectivity index (χ3n) is 4.92. The van der Waals surface area contributed by atoms with Gasteiger partial charge in [-0.15, -0.1) is 0 Å². The van der Waals surface area contributed by atoms with Gasteiger partial charge >= 0.3 is 5.97 Å². The number of thiol groups is 1. The second-order valence-electron chi connectivity index (χ2n) is 7.95. The van der Waals surface area contributed by atoms with Crippen molar-refractivity contribution < 1.29 is 24.3 Å². The SMILES string of the molecule is CSCCC(NC(=O)C(N)Cc1ccccc1)C(=O)NC(C(=O)NC(CS)C(=O)O)C(C)C. The highest BCUT2D eigenvalue weighted by molar-refractivity contribution is 7.98. The van der Waals surface area contributed by atoms with Crippen molar-refractivity contribution in [3.8, 4) is 0 Å². The Bertz CT molecular complexity index is 794. The van der Waals surface area contributed by atoms with E-state index in [1.165, 1.54) is 11.8 Å². The summed E-state index contributed by atoms with van der Waals surface area (Å²) in [5.41, 5.74) is 6.95. The minimum Gasteiger partial charge on any atom is -0.480 e. The Morgan fingerprint density at radius 1 is 1.00 bits per heavy atom. The molecule has 1 aromatic carbocycles. The summed E-state index contributed by atoms with van der Waals surface area (Å²) in [7, 11) is 0. The largest absolute Gasteiger partial charge is 0.480 e. The van der Waals surface area contributed by atoms with Crippen molar-refractivity contribution in [3.63, 3.8) is 0 Å². The molecule has 33 heavy (non-hydrogen) atoms. The molecule has 6 N–H and O–H groups in total. The Labute approximate surface area is 204 Å². The first-order valence-corrected chi connectivity index (χ1v) is 12.7. The van der Waals surface area contributed by atoms with E-state index in [2.05, 4.69) is 28.6 Å². The Morgan fingerprint density at radius 2 is 1.61 bits per heavy atom. The Balaban J connectivity index is 2.87. The molecule has 0 fully saturated rings. The quantitative estimate of drug-likeness (QED) is 0.204. The lowest BCUT2D eigenvalue weighted by Gasteiger charge is -2.27. The predicted molar refractivity (Wildman–Crippen MR) is 133 cm³/mol. The molecule has 4 unspecified atom stereocenters. The number of carboxylic acid groups (broad SMARTS) is 1. The molecule has 0 aliphatic carbocycles. The van der Waals surface area contributed by atoms with E-state index in [0.717, 1.165) is 5.56 Å². The number of nitrogens with one attached hydrogen (secondary N) is 3. The number of hydrogen-bond donors (Lipinski definition) is 6. The fourth-order valence-electron chi connectivity index (χ4n) is 2.98. The highest BCUT2D eigenvalue weighted by atomic mass is 32.2. The molecule has 0 bridgehead atoms. The normalized spacial score (nSPS) is 14.6. The average molecular weight is 499 g/mol. The molecule has 1 rings (SSSR count). The molecule has 184 valence electrons. The monoisotopic (exact) mass is 498 g/mol. The van der Waals surface area contributed by atoms with Crippen LogP contribution in [0.1, 0.15) is 25.8 Å². The zero-order chi connectivity index (χ0) is 25.0. The minimum absolute atomic E-state index is 0.0917. The third kappa shape index (κ3) is 10.1. The van der Waals surface area contributed by atoms with Crippen LogP contribution in [0.3, 0.4) is 0 Å². The van der Waals surface area contributed by atoms with Gasteiger partial charge in [0.05, 0.1) is 6.04 Å². The number of carbonyl (C=O) groups excluding carboxylic acids is 3. The van der Waals surface area contributed by atoms with Gasteiger partial charge in [-0.25, -0.2) is 4.79 Å². The lowest BCUT2D eigenvalue weighted by Crippen LogP contribution is -2.58. The molecule has 0 aliphatic rings. The summed E-state index contributed by atoms with van der Waals surface area (Å²) < 4.78 is 0. The van der Waals surface area contributed by atoms with Crippen molar-refractivity contribution in [2.75, 3.05) is 17.8 Å². The number of carboxylic acids is 1. The van der Waals surface area contributed by atoms with Crippen LogP contribution in [0.4, 0.5) is 0 Å². The van der Waals surface area contributed by atoms with Gasteiger partial charge in [-0.3, -0.25) is 14.4 Å². The standard InChI is InChI=1S/C22H34N4O5S2/c1-13(2)18(21(29)25-17(12-32)22(30)31)26-20(28)16(9-10-33-3)24-19(27)15(23)11-14-7-5-4-6-8-14/h4-8,13,15-18,32H,9-12,23H2,1-3H3,(H,24,27)(H,25,29)(H,26,28)(H,30,31). The molecule has 3 amide bonds. The van der Waals surface area contributed by atoms with E-state index >= 15 is 0 Å². The Morgan fingerprint density at radius 3 is 2.12 bits per heavy atom. The van der Waals surface area contributed by atoms with Crippen molar-refractivity contribution in [1.82, 2.24) is 16.0 Å². The molecule has 0 aromatic heterocycles. The van der Waals surface area contributed by atoms with Crippen molar-refractivity contribution in [3.05, 3.63) is 35.9 Å². The number of aliphatic carboxylic acids is 1. The molecule has 0 spiro atoms. The van der Waals surface area contributed by atoms with Gasteiger partial charge in [0.15, 0.2) is 0 Å². The average Bonchev–Trinajstić information content (AvgIpc) is 2.78. The summed E-state index contributed by atoms with van der Waals surface area (Å²) in [6.07, 6.45) is 2.55. The molecule has 0 aliphatic heterocycles. The van der Waals surface area contributed by atoms with Gasteiger partial charge in [0.25, 0.3) is 0 Å². The molecular weight excluding hydrogens is 464 g/mol. The van der Waals surface area contributed by atoms with Gasteiger partial charge in [0, 0.05) is 5.75 Å². The molecule has 4 atom stereocenters. The smallest absolute Gasteiger partial charge is 0.327 e. The Kier molecular flexibility index (Phi) is 12.9. The van der Waals surface area contributed by atoms with E-state index < -0.39 is 47.9 Å². The molecule has 9 nitrogen and oxygen atoms in total. The Hall–Kier alpha value is -2.24. The lowest BCUT2D eigenvalue weighted by atomic mass is 10.0. The van der Waals surface area contributed by atoms with Gasteiger partial charge in [0.1, 0.15) is 18.1 Å². The van der Waals surface area contributed by atoms with Crippen molar-refractivity contribution in [2.45, 2.75) is 50.9 Å². The first kappa shape index (κ1) is 28.8. The number of nitrogens with two attached hydrogens (primary N) is 1. The summed E-state index contributed by atoms with van der Waals surface area (Å²) in [6, 6.07) is 5.43. The minimum atomic E-state index is -1.22. The summed E-state index contributed by atoms with van der Waals surface area (Å²) in [5.74, 6) is -2.65. The molecule has 0 saturated heterocycles. The van der Waals surface area contributed by atoms with Crippen LogP contribution in [0.5, 0.6) is 0 Å². The summed E-state index contributed by atoms with van der Waals surface area (Å²) in [5, 5.41) is 16.9. The van der Waals surface area contributed by atoms with Crippen LogP contribution in [0.2, 0.25) is 0 Å². The van der Waals surface area contributed by atoms with Crippen LogP contribution in [0, 0.1) is 5.92 Å². The van der Waals surface area contributed by atoms with Gasteiger partial charge < -0.3 is 26.8 Å². The molecule has 0 heterocycles. The zero-order valence-corrected chi connectivity index (χ0v) is 20.8. The number of thioether (sulfide) groups is 1. The van der Waals surface area contributed by atoms with Gasteiger partial charge in [-0.1, -0.05) is 44.2 Å². The maximum Gasteiger partial charge on any atom is 0.327 e. The van der Waals surface area contributed by atoms with E-state index in [0.29, 0.717) is 18.6 Å². The van der Waals surface area contributed by atoms with Crippen LogP contribution >= 0.6 is 24.4 Å². The second-order valence-corrected chi connectivity index (χ2v) is 9.30. The number of benzene rings is 1. The fourth-order valence-corrected chi connectivity index (χ4v) is 3.70.